The van der Waals surface area contributed by atoms with Gasteiger partial charge in [-0.3, -0.25) is 4.79 Å². The largest absolute Gasteiger partial charge is 0.465 e. The Morgan fingerprint density at radius 3 is 2.60 bits per heavy atom. The molecule has 130 valence electrons. The van der Waals surface area contributed by atoms with Crippen LogP contribution in [0.15, 0.2) is 47.5 Å². The molecular weight excluding hydrogens is 322 g/mol. The van der Waals surface area contributed by atoms with E-state index < -0.39 is 5.97 Å². The van der Waals surface area contributed by atoms with Crippen LogP contribution in [-0.4, -0.2) is 41.1 Å². The smallest absolute Gasteiger partial charge is 0.341 e. The summed E-state index contributed by atoms with van der Waals surface area (Å²) in [7, 11) is 2.94. The van der Waals surface area contributed by atoms with Crippen molar-refractivity contribution in [3.63, 3.8) is 0 Å². The molecule has 0 amide bonds. The summed E-state index contributed by atoms with van der Waals surface area (Å²) in [6.07, 6.45) is 4.13. The van der Waals surface area contributed by atoms with Gasteiger partial charge in [0.25, 0.3) is 5.56 Å². The molecule has 0 saturated heterocycles. The summed E-state index contributed by atoms with van der Waals surface area (Å²) in [5.74, 6) is -0.524. The third-order valence-corrected chi connectivity index (χ3v) is 3.89. The van der Waals surface area contributed by atoms with Crippen molar-refractivity contribution in [2.75, 3.05) is 20.8 Å². The summed E-state index contributed by atoms with van der Waals surface area (Å²) in [5.41, 5.74) is 1.36. The highest BCUT2D eigenvalue weighted by Crippen LogP contribution is 2.23. The summed E-state index contributed by atoms with van der Waals surface area (Å²) in [5, 5.41) is 4.35. The van der Waals surface area contributed by atoms with E-state index in [9.17, 15) is 9.59 Å². The van der Waals surface area contributed by atoms with Crippen LogP contribution in [0, 0.1) is 0 Å². The Bertz CT molecular complexity index is 899. The predicted molar refractivity (Wildman–Crippen MR) is 92.3 cm³/mol. The van der Waals surface area contributed by atoms with Crippen LogP contribution in [-0.2, 0) is 16.0 Å². The molecular formula is C18H19N3O4. The Morgan fingerprint density at radius 1 is 1.16 bits per heavy atom. The van der Waals surface area contributed by atoms with Gasteiger partial charge in [-0.1, -0.05) is 18.2 Å². The Labute approximate surface area is 144 Å². The molecule has 0 unspecified atom stereocenters. The summed E-state index contributed by atoms with van der Waals surface area (Å²) < 4.78 is 13.0. The first kappa shape index (κ1) is 16.9. The fraction of sp³-hybridized carbons (Fsp3) is 0.278. The van der Waals surface area contributed by atoms with E-state index in [-0.39, 0.29) is 11.1 Å². The van der Waals surface area contributed by atoms with Gasteiger partial charge in [-0.15, -0.1) is 0 Å². The summed E-state index contributed by atoms with van der Waals surface area (Å²) in [6.45, 7) is 1.20. The summed E-state index contributed by atoms with van der Waals surface area (Å²) >= 11 is 0. The number of esters is 1. The molecule has 1 aromatic carbocycles. The van der Waals surface area contributed by atoms with Gasteiger partial charge in [-0.25, -0.2) is 4.79 Å². The van der Waals surface area contributed by atoms with E-state index >= 15 is 0 Å². The van der Waals surface area contributed by atoms with Crippen molar-refractivity contribution < 1.29 is 14.3 Å². The zero-order chi connectivity index (χ0) is 17.8. The first-order valence-corrected chi connectivity index (χ1v) is 7.91. The first-order valence-electron chi connectivity index (χ1n) is 7.91. The van der Waals surface area contributed by atoms with Crippen molar-refractivity contribution in [3.8, 4) is 16.9 Å². The molecule has 0 fully saturated rings. The van der Waals surface area contributed by atoms with Gasteiger partial charge >= 0.3 is 5.97 Å². The Morgan fingerprint density at radius 2 is 1.92 bits per heavy atom. The maximum Gasteiger partial charge on any atom is 0.341 e. The maximum atomic E-state index is 12.8. The average molecular weight is 341 g/mol. The van der Waals surface area contributed by atoms with Gasteiger partial charge < -0.3 is 14.0 Å². The molecule has 0 bridgehead atoms. The summed E-state index contributed by atoms with van der Waals surface area (Å²) in [4.78, 5) is 24.9. The molecule has 0 N–H and O–H groups in total. The molecule has 0 radical (unpaired) electrons. The quantitative estimate of drug-likeness (QED) is 0.506. The van der Waals surface area contributed by atoms with E-state index in [0.717, 1.165) is 6.42 Å². The van der Waals surface area contributed by atoms with Gasteiger partial charge in [0.2, 0.25) is 0 Å². The molecule has 0 saturated carbocycles. The number of nitrogens with zero attached hydrogens (tertiary/aromatic N) is 3. The third kappa shape index (κ3) is 3.32. The number of hydrogen-bond donors (Lipinski definition) is 0. The fourth-order valence-corrected chi connectivity index (χ4v) is 2.68. The van der Waals surface area contributed by atoms with Crippen molar-refractivity contribution in [2.45, 2.75) is 13.0 Å². The lowest BCUT2D eigenvalue weighted by Crippen LogP contribution is -2.15. The minimum atomic E-state index is -0.524. The molecule has 2 heterocycles. The molecule has 3 rings (SSSR count). The number of carbonyl (C=O) groups excluding carboxylic acids is 1. The molecule has 2 aliphatic heterocycles. The Kier molecular flexibility index (Phi) is 4.95. The van der Waals surface area contributed by atoms with Crippen LogP contribution in [0.2, 0.25) is 0 Å². The lowest BCUT2D eigenvalue weighted by atomic mass is 10.1. The van der Waals surface area contributed by atoms with Crippen molar-refractivity contribution in [2.24, 2.45) is 0 Å². The lowest BCUT2D eigenvalue weighted by Gasteiger charge is -2.11. The molecule has 7 nitrogen and oxygen atoms in total. The predicted octanol–water partition coefficient (Wildman–Crippen LogP) is 1.96. The number of fused-ring (bicyclic) bond motifs is 1. The number of ether oxygens (including phenoxy) is 2. The number of benzene rings is 1. The van der Waals surface area contributed by atoms with Crippen molar-refractivity contribution in [1.29, 1.82) is 0 Å². The topological polar surface area (TPSA) is 75.3 Å². The number of para-hydroxylation sites is 1. The standard InChI is InChI=1S/C18H19N3O4/c1-24-10-6-9-20-11-14-16(15(12-20)18(23)25-2)19-21(17(14)22)13-7-4-3-5-8-13/h3-5,7-8,11-12H,6,9-10H2,1-2H3. The van der Waals surface area contributed by atoms with Crippen LogP contribution in [0.3, 0.4) is 0 Å². The summed E-state index contributed by atoms with van der Waals surface area (Å²) in [6, 6.07) is 9.09. The number of methoxy groups -OCH3 is 2. The molecule has 7 heteroatoms. The lowest BCUT2D eigenvalue weighted by molar-refractivity contribution is 0.0600. The molecule has 1 aromatic rings. The van der Waals surface area contributed by atoms with Gasteiger partial charge in [0.05, 0.1) is 18.4 Å². The highest BCUT2D eigenvalue weighted by Gasteiger charge is 2.24. The number of pyridine rings is 1. The second-order valence-corrected chi connectivity index (χ2v) is 5.56. The second kappa shape index (κ2) is 7.31. The molecule has 0 aromatic heterocycles. The van der Waals surface area contributed by atoms with Gasteiger partial charge in [0.1, 0.15) is 11.3 Å². The minimum Gasteiger partial charge on any atom is -0.465 e. The number of hydrogen-bond acceptors (Lipinski definition) is 5. The first-order chi connectivity index (χ1) is 12.2. The number of carbonyl (C=O) groups is 1. The van der Waals surface area contributed by atoms with E-state index in [2.05, 4.69) is 5.10 Å². The van der Waals surface area contributed by atoms with Crippen molar-refractivity contribution in [3.05, 3.63) is 58.6 Å². The number of rotatable bonds is 6. The number of aromatic nitrogens is 3. The normalized spacial score (nSPS) is 11.0. The van der Waals surface area contributed by atoms with Gasteiger partial charge in [0, 0.05) is 32.7 Å². The van der Waals surface area contributed by atoms with Crippen LogP contribution in [0.25, 0.3) is 16.9 Å². The third-order valence-electron chi connectivity index (χ3n) is 3.89. The Hall–Kier alpha value is -2.93. The zero-order valence-corrected chi connectivity index (χ0v) is 14.1. The monoisotopic (exact) mass is 341 g/mol. The van der Waals surface area contributed by atoms with E-state index in [1.807, 2.05) is 18.2 Å². The van der Waals surface area contributed by atoms with Gasteiger partial charge in [0.15, 0.2) is 0 Å². The SMILES string of the molecule is COCCCn1cc(C(=O)OC)c2nn(-c3ccccc3)c(=O)c-2c1. The average Bonchev–Trinajstić information content (AvgIpc) is 2.98. The highest BCUT2D eigenvalue weighted by atomic mass is 16.5. The Balaban J connectivity index is 2.15. The molecule has 2 aliphatic rings. The molecule has 25 heavy (non-hydrogen) atoms. The zero-order valence-electron chi connectivity index (χ0n) is 14.1. The molecule has 0 aliphatic carbocycles. The fourth-order valence-electron chi connectivity index (χ4n) is 2.68. The van der Waals surface area contributed by atoms with E-state index in [0.29, 0.717) is 30.1 Å². The van der Waals surface area contributed by atoms with Crippen LogP contribution >= 0.6 is 0 Å². The molecule has 0 atom stereocenters. The van der Waals surface area contributed by atoms with Crippen LogP contribution in [0.1, 0.15) is 16.8 Å². The van der Waals surface area contributed by atoms with Gasteiger partial charge in [-0.2, -0.15) is 9.78 Å². The highest BCUT2D eigenvalue weighted by molar-refractivity contribution is 5.96. The van der Waals surface area contributed by atoms with Crippen LogP contribution in [0.5, 0.6) is 0 Å². The van der Waals surface area contributed by atoms with Crippen LogP contribution < -0.4 is 5.56 Å². The van der Waals surface area contributed by atoms with E-state index in [4.69, 9.17) is 9.47 Å². The van der Waals surface area contributed by atoms with Crippen LogP contribution in [0.4, 0.5) is 0 Å². The second-order valence-electron chi connectivity index (χ2n) is 5.56. The maximum absolute atomic E-state index is 12.8. The minimum absolute atomic E-state index is 0.268. The van der Waals surface area contributed by atoms with E-state index in [1.165, 1.54) is 11.8 Å². The van der Waals surface area contributed by atoms with E-state index in [1.54, 1.807) is 36.2 Å². The van der Waals surface area contributed by atoms with Crippen molar-refractivity contribution >= 4 is 5.97 Å². The van der Waals surface area contributed by atoms with Crippen molar-refractivity contribution in [1.82, 2.24) is 14.3 Å². The number of aryl methyl sites for hydroxylation is 1. The van der Waals surface area contributed by atoms with Gasteiger partial charge in [-0.05, 0) is 18.6 Å². The molecule has 0 spiro atoms.